The molecule has 0 fully saturated rings. The molecule has 0 aromatic rings. The maximum atomic E-state index is 5.44. The molecule has 64 valence electrons. The number of halogens is 1. The fourth-order valence-electron chi connectivity index (χ4n) is 0.803. The standard InChI is InChI=1S/C7H17NO.ClH/c1-7(2,3)6(5-8)9-4;/h6H,5,8H2,1-4H3;1H. The second-order valence-electron chi connectivity index (χ2n) is 3.33. The second-order valence-corrected chi connectivity index (χ2v) is 3.33. The average molecular weight is 168 g/mol. The van der Waals surface area contributed by atoms with Crippen molar-refractivity contribution in [1.29, 1.82) is 0 Å². The first-order valence-corrected chi connectivity index (χ1v) is 3.25. The van der Waals surface area contributed by atoms with Crippen LogP contribution in [0.5, 0.6) is 0 Å². The summed E-state index contributed by atoms with van der Waals surface area (Å²) in [5, 5.41) is 0. The number of rotatable bonds is 2. The maximum absolute atomic E-state index is 5.44. The van der Waals surface area contributed by atoms with Crippen LogP contribution in [0.15, 0.2) is 0 Å². The Morgan fingerprint density at radius 3 is 1.80 bits per heavy atom. The molecule has 1 unspecified atom stereocenters. The summed E-state index contributed by atoms with van der Waals surface area (Å²) in [6, 6.07) is 0. The molecule has 0 rings (SSSR count). The highest BCUT2D eigenvalue weighted by Crippen LogP contribution is 2.20. The zero-order valence-corrected chi connectivity index (χ0v) is 7.99. The second kappa shape index (κ2) is 4.94. The van der Waals surface area contributed by atoms with E-state index in [1.807, 2.05) is 0 Å². The molecular formula is C7H18ClNO. The maximum Gasteiger partial charge on any atom is 0.0741 e. The number of nitrogens with two attached hydrogens (primary N) is 1. The first-order chi connectivity index (χ1) is 4.02. The Labute approximate surface area is 69.5 Å². The summed E-state index contributed by atoms with van der Waals surface area (Å²) in [5.41, 5.74) is 5.61. The molecule has 0 saturated carbocycles. The van der Waals surface area contributed by atoms with Crippen LogP contribution in [0, 0.1) is 5.41 Å². The molecule has 2 nitrogen and oxygen atoms in total. The molecule has 1 atom stereocenters. The van der Waals surface area contributed by atoms with Gasteiger partial charge in [0.1, 0.15) is 0 Å². The van der Waals surface area contributed by atoms with Crippen molar-refractivity contribution in [2.45, 2.75) is 26.9 Å². The van der Waals surface area contributed by atoms with Gasteiger partial charge in [-0.25, -0.2) is 0 Å². The molecule has 0 aromatic carbocycles. The van der Waals surface area contributed by atoms with E-state index in [0.717, 1.165) is 0 Å². The third-order valence-corrected chi connectivity index (χ3v) is 1.46. The first-order valence-electron chi connectivity index (χ1n) is 3.25. The van der Waals surface area contributed by atoms with Crippen molar-refractivity contribution in [3.05, 3.63) is 0 Å². The lowest BCUT2D eigenvalue weighted by atomic mass is 9.89. The van der Waals surface area contributed by atoms with Gasteiger partial charge in [0, 0.05) is 13.7 Å². The van der Waals surface area contributed by atoms with Gasteiger partial charge in [0.05, 0.1) is 6.10 Å². The zero-order chi connectivity index (χ0) is 7.49. The Hall–Kier alpha value is 0.210. The molecule has 0 aliphatic rings. The summed E-state index contributed by atoms with van der Waals surface area (Å²) in [7, 11) is 1.70. The van der Waals surface area contributed by atoms with E-state index >= 15 is 0 Å². The van der Waals surface area contributed by atoms with Crippen LogP contribution in [-0.2, 0) is 4.74 Å². The van der Waals surface area contributed by atoms with Gasteiger partial charge in [-0.1, -0.05) is 20.8 Å². The van der Waals surface area contributed by atoms with Gasteiger partial charge >= 0.3 is 0 Å². The van der Waals surface area contributed by atoms with Crippen LogP contribution in [0.4, 0.5) is 0 Å². The largest absolute Gasteiger partial charge is 0.380 e. The molecule has 0 spiro atoms. The Bertz CT molecular complexity index is 76.2. The fraction of sp³-hybridized carbons (Fsp3) is 1.00. The highest BCUT2D eigenvalue weighted by atomic mass is 35.5. The molecule has 2 N–H and O–H groups in total. The van der Waals surface area contributed by atoms with Gasteiger partial charge in [0.2, 0.25) is 0 Å². The van der Waals surface area contributed by atoms with Gasteiger partial charge in [-0.2, -0.15) is 0 Å². The summed E-state index contributed by atoms with van der Waals surface area (Å²) < 4.78 is 5.14. The van der Waals surface area contributed by atoms with E-state index in [2.05, 4.69) is 20.8 Å². The quantitative estimate of drug-likeness (QED) is 0.676. The zero-order valence-electron chi connectivity index (χ0n) is 7.18. The van der Waals surface area contributed by atoms with Crippen LogP contribution in [-0.4, -0.2) is 19.8 Å². The van der Waals surface area contributed by atoms with E-state index in [-0.39, 0.29) is 23.9 Å². The first kappa shape index (κ1) is 12.8. The summed E-state index contributed by atoms with van der Waals surface area (Å²) >= 11 is 0. The summed E-state index contributed by atoms with van der Waals surface area (Å²) in [6.45, 7) is 6.95. The predicted octanol–water partition coefficient (Wildman–Crippen LogP) is 1.43. The number of ether oxygens (including phenoxy) is 1. The molecule has 10 heavy (non-hydrogen) atoms. The molecule has 0 bridgehead atoms. The van der Waals surface area contributed by atoms with Gasteiger partial charge < -0.3 is 10.5 Å². The lowest BCUT2D eigenvalue weighted by Gasteiger charge is -2.27. The number of methoxy groups -OCH3 is 1. The van der Waals surface area contributed by atoms with Crippen molar-refractivity contribution >= 4 is 12.4 Å². The van der Waals surface area contributed by atoms with Gasteiger partial charge in [-0.15, -0.1) is 12.4 Å². The molecule has 0 radical (unpaired) electrons. The third kappa shape index (κ3) is 4.09. The van der Waals surface area contributed by atoms with Crippen molar-refractivity contribution in [3.63, 3.8) is 0 Å². The minimum Gasteiger partial charge on any atom is -0.380 e. The molecule has 0 heterocycles. The van der Waals surface area contributed by atoms with Crippen molar-refractivity contribution in [3.8, 4) is 0 Å². The van der Waals surface area contributed by atoms with E-state index in [9.17, 15) is 0 Å². The number of hydrogen-bond acceptors (Lipinski definition) is 2. The lowest BCUT2D eigenvalue weighted by molar-refractivity contribution is 0.0238. The van der Waals surface area contributed by atoms with Crippen molar-refractivity contribution in [2.24, 2.45) is 11.1 Å². The van der Waals surface area contributed by atoms with E-state index in [4.69, 9.17) is 10.5 Å². The van der Waals surface area contributed by atoms with Crippen LogP contribution in [0.2, 0.25) is 0 Å². The highest BCUT2D eigenvalue weighted by Gasteiger charge is 2.22. The normalized spacial score (nSPS) is 14.1. The minimum absolute atomic E-state index is 0. The molecule has 0 aromatic heterocycles. The fourth-order valence-corrected chi connectivity index (χ4v) is 0.803. The van der Waals surface area contributed by atoms with Gasteiger partial charge in [0.25, 0.3) is 0 Å². The van der Waals surface area contributed by atoms with E-state index in [1.165, 1.54) is 0 Å². The van der Waals surface area contributed by atoms with Crippen molar-refractivity contribution < 1.29 is 4.74 Å². The van der Waals surface area contributed by atoms with Crippen LogP contribution < -0.4 is 5.73 Å². The Morgan fingerprint density at radius 1 is 1.40 bits per heavy atom. The van der Waals surface area contributed by atoms with Gasteiger partial charge in [-0.05, 0) is 5.41 Å². The smallest absolute Gasteiger partial charge is 0.0741 e. The SMILES string of the molecule is COC(CN)C(C)(C)C.Cl. The van der Waals surface area contributed by atoms with E-state index in [1.54, 1.807) is 7.11 Å². The van der Waals surface area contributed by atoms with Crippen molar-refractivity contribution in [2.75, 3.05) is 13.7 Å². The molecule has 0 aliphatic carbocycles. The summed E-state index contributed by atoms with van der Waals surface area (Å²) in [6.07, 6.45) is 0.178. The van der Waals surface area contributed by atoms with Gasteiger partial charge in [-0.3, -0.25) is 0 Å². The Morgan fingerprint density at radius 2 is 1.80 bits per heavy atom. The van der Waals surface area contributed by atoms with E-state index in [0.29, 0.717) is 6.54 Å². The van der Waals surface area contributed by atoms with Crippen molar-refractivity contribution in [1.82, 2.24) is 0 Å². The van der Waals surface area contributed by atoms with Crippen LogP contribution in [0.3, 0.4) is 0 Å². The average Bonchev–Trinajstić information content (AvgIpc) is 1.65. The molecule has 0 aliphatic heterocycles. The topological polar surface area (TPSA) is 35.2 Å². The Balaban J connectivity index is 0. The molecule has 0 saturated heterocycles. The van der Waals surface area contributed by atoms with Crippen LogP contribution in [0.25, 0.3) is 0 Å². The van der Waals surface area contributed by atoms with Crippen LogP contribution >= 0.6 is 12.4 Å². The lowest BCUT2D eigenvalue weighted by Crippen LogP contribution is -2.35. The molecule has 3 heteroatoms. The highest BCUT2D eigenvalue weighted by molar-refractivity contribution is 5.85. The van der Waals surface area contributed by atoms with Gasteiger partial charge in [0.15, 0.2) is 0 Å². The molecular weight excluding hydrogens is 150 g/mol. The molecule has 0 amide bonds. The minimum atomic E-state index is 0. The Kier molecular flexibility index (Phi) is 6.35. The third-order valence-electron chi connectivity index (χ3n) is 1.46. The number of hydrogen-bond donors (Lipinski definition) is 1. The predicted molar refractivity (Wildman–Crippen MR) is 46.6 cm³/mol. The van der Waals surface area contributed by atoms with Crippen LogP contribution in [0.1, 0.15) is 20.8 Å². The monoisotopic (exact) mass is 167 g/mol. The van der Waals surface area contributed by atoms with E-state index < -0.39 is 0 Å². The summed E-state index contributed by atoms with van der Waals surface area (Å²) in [5.74, 6) is 0. The summed E-state index contributed by atoms with van der Waals surface area (Å²) in [4.78, 5) is 0.